The maximum absolute atomic E-state index is 12.6. The highest BCUT2D eigenvalue weighted by Crippen LogP contribution is 2.33. The summed E-state index contributed by atoms with van der Waals surface area (Å²) in [7, 11) is 0. The van der Waals surface area contributed by atoms with Crippen molar-refractivity contribution in [1.29, 1.82) is 0 Å². The van der Waals surface area contributed by atoms with Crippen LogP contribution >= 0.6 is 11.6 Å². The molecule has 24 heavy (non-hydrogen) atoms. The van der Waals surface area contributed by atoms with E-state index in [9.17, 15) is 13.2 Å². The number of halogens is 4. The maximum atomic E-state index is 12.6. The zero-order valence-corrected chi connectivity index (χ0v) is 13.8. The van der Waals surface area contributed by atoms with Crippen LogP contribution < -0.4 is 4.74 Å². The summed E-state index contributed by atoms with van der Waals surface area (Å²) in [5.41, 5.74) is -0.0945. The third-order valence-corrected chi connectivity index (χ3v) is 3.62. The summed E-state index contributed by atoms with van der Waals surface area (Å²) in [6.07, 6.45) is -4.79. The number of alkyl halides is 3. The summed E-state index contributed by atoms with van der Waals surface area (Å²) in [6.45, 7) is 3.90. The Kier molecular flexibility index (Phi) is 6.01. The van der Waals surface area contributed by atoms with Crippen molar-refractivity contribution >= 4 is 11.6 Å². The summed E-state index contributed by atoms with van der Waals surface area (Å²) < 4.78 is 48.9. The Bertz CT molecular complexity index is 668. The van der Waals surface area contributed by atoms with Crippen LogP contribution in [-0.2, 0) is 17.5 Å². The minimum Gasteiger partial charge on any atom is -0.458 e. The van der Waals surface area contributed by atoms with Gasteiger partial charge in [-0.3, -0.25) is 0 Å². The molecule has 0 radical (unpaired) electrons. The van der Waals surface area contributed by atoms with Gasteiger partial charge < -0.3 is 9.47 Å². The highest BCUT2D eigenvalue weighted by molar-refractivity contribution is 6.30. The third kappa shape index (κ3) is 5.07. The van der Waals surface area contributed by atoms with Gasteiger partial charge in [0.05, 0.1) is 12.7 Å². The highest BCUT2D eigenvalue weighted by atomic mass is 35.5. The van der Waals surface area contributed by atoms with E-state index in [1.807, 2.05) is 30.3 Å². The third-order valence-electron chi connectivity index (χ3n) is 3.33. The van der Waals surface area contributed by atoms with Gasteiger partial charge >= 0.3 is 12.2 Å². The molecule has 0 saturated heterocycles. The lowest BCUT2D eigenvalue weighted by Gasteiger charge is -2.21. The minimum atomic E-state index is -4.60. The van der Waals surface area contributed by atoms with E-state index < -0.39 is 23.0 Å². The Morgan fingerprint density at radius 1 is 1.12 bits per heavy atom. The molecule has 0 N–H and O–H groups in total. The Morgan fingerprint density at radius 2 is 1.79 bits per heavy atom. The molecule has 8 heteroatoms. The van der Waals surface area contributed by atoms with Gasteiger partial charge in [-0.15, -0.1) is 0 Å². The van der Waals surface area contributed by atoms with Gasteiger partial charge in [0, 0.05) is 6.20 Å². The number of hydrogen-bond donors (Lipinski definition) is 0. The number of ether oxygens (including phenoxy) is 2. The predicted molar refractivity (Wildman–Crippen MR) is 82.8 cm³/mol. The fourth-order valence-corrected chi connectivity index (χ4v) is 2.02. The Labute approximate surface area is 142 Å². The van der Waals surface area contributed by atoms with Crippen LogP contribution in [0.25, 0.3) is 0 Å². The zero-order chi connectivity index (χ0) is 17.7. The Morgan fingerprint density at radius 3 is 2.38 bits per heavy atom. The molecule has 0 fully saturated rings. The molecule has 0 amide bonds. The van der Waals surface area contributed by atoms with Crippen molar-refractivity contribution in [3.63, 3.8) is 0 Å². The molecule has 2 aromatic rings. The lowest BCUT2D eigenvalue weighted by molar-refractivity contribution is -0.138. The molecule has 0 unspecified atom stereocenters. The van der Waals surface area contributed by atoms with Crippen molar-refractivity contribution in [1.82, 2.24) is 9.97 Å². The summed E-state index contributed by atoms with van der Waals surface area (Å²) in [4.78, 5) is 7.09. The van der Waals surface area contributed by atoms with E-state index in [0.29, 0.717) is 12.8 Å². The van der Waals surface area contributed by atoms with Crippen LogP contribution in [0.4, 0.5) is 13.2 Å². The molecule has 0 bridgehead atoms. The van der Waals surface area contributed by atoms with Gasteiger partial charge in [-0.05, 0) is 19.4 Å². The fraction of sp³-hybridized carbons (Fsp3) is 0.375. The number of aromatic nitrogens is 2. The standard InChI is InChI=1S/C16H16ClF3N2O2/c1-10(23-9-12-6-4-3-5-7-12)11(2)24-15-21-8-13(14(17)22-15)16(18,19)20/h3-8,10-11H,9H2,1-2H3/t10-,11-/m1/s1. The molecule has 2 rings (SSSR count). The zero-order valence-electron chi connectivity index (χ0n) is 13.0. The van der Waals surface area contributed by atoms with E-state index in [0.717, 1.165) is 5.56 Å². The van der Waals surface area contributed by atoms with E-state index in [4.69, 9.17) is 21.1 Å². The van der Waals surface area contributed by atoms with Crippen LogP contribution in [-0.4, -0.2) is 22.2 Å². The average molecular weight is 361 g/mol. The molecule has 0 spiro atoms. The molecule has 2 atom stereocenters. The first-order valence-corrected chi connectivity index (χ1v) is 7.57. The predicted octanol–water partition coefficient (Wildman–Crippen LogP) is 4.52. The van der Waals surface area contributed by atoms with Gasteiger partial charge in [-0.1, -0.05) is 41.9 Å². The smallest absolute Gasteiger partial charge is 0.420 e. The van der Waals surface area contributed by atoms with Crippen molar-refractivity contribution < 1.29 is 22.6 Å². The molecular weight excluding hydrogens is 345 g/mol. The van der Waals surface area contributed by atoms with Gasteiger partial charge in [0.25, 0.3) is 0 Å². The Balaban J connectivity index is 1.93. The van der Waals surface area contributed by atoms with Crippen LogP contribution in [0.3, 0.4) is 0 Å². The monoisotopic (exact) mass is 360 g/mol. The number of hydrogen-bond acceptors (Lipinski definition) is 4. The van der Waals surface area contributed by atoms with Gasteiger partial charge in [0.15, 0.2) is 0 Å². The van der Waals surface area contributed by atoms with Gasteiger partial charge in [-0.25, -0.2) is 4.98 Å². The second kappa shape index (κ2) is 7.81. The maximum Gasteiger partial charge on any atom is 0.420 e. The van der Waals surface area contributed by atoms with E-state index in [2.05, 4.69) is 9.97 Å². The van der Waals surface area contributed by atoms with Crippen LogP contribution in [0.1, 0.15) is 25.0 Å². The van der Waals surface area contributed by atoms with Crippen LogP contribution in [0.15, 0.2) is 36.5 Å². The molecule has 1 aromatic heterocycles. The van der Waals surface area contributed by atoms with Crippen molar-refractivity contribution in [3.05, 3.63) is 52.8 Å². The van der Waals surface area contributed by atoms with E-state index in [-0.39, 0.29) is 12.1 Å². The summed E-state index contributed by atoms with van der Waals surface area (Å²) in [6, 6.07) is 9.34. The van der Waals surface area contributed by atoms with Crippen molar-refractivity contribution in [2.75, 3.05) is 0 Å². The lowest BCUT2D eigenvalue weighted by Crippen LogP contribution is -2.29. The van der Waals surface area contributed by atoms with Crippen LogP contribution in [0.2, 0.25) is 5.15 Å². The SMILES string of the molecule is C[C@@H](OCc1ccccc1)[C@@H](C)Oc1ncc(C(F)(F)F)c(Cl)n1. The molecule has 1 heterocycles. The fourth-order valence-electron chi connectivity index (χ4n) is 1.79. The molecule has 0 aliphatic heterocycles. The van der Waals surface area contributed by atoms with E-state index in [1.54, 1.807) is 13.8 Å². The first-order chi connectivity index (χ1) is 11.3. The molecule has 130 valence electrons. The molecule has 0 aliphatic rings. The molecule has 0 aliphatic carbocycles. The lowest BCUT2D eigenvalue weighted by atomic mass is 10.2. The van der Waals surface area contributed by atoms with E-state index >= 15 is 0 Å². The first kappa shape index (κ1) is 18.5. The molecule has 0 saturated carbocycles. The van der Waals surface area contributed by atoms with Gasteiger partial charge in [0.2, 0.25) is 0 Å². The average Bonchev–Trinajstić information content (AvgIpc) is 2.52. The summed E-state index contributed by atoms with van der Waals surface area (Å²) >= 11 is 5.54. The topological polar surface area (TPSA) is 44.2 Å². The van der Waals surface area contributed by atoms with Gasteiger partial charge in [-0.2, -0.15) is 18.2 Å². The summed E-state index contributed by atoms with van der Waals surface area (Å²) in [5, 5.41) is -0.697. The number of benzene rings is 1. The van der Waals surface area contributed by atoms with E-state index in [1.165, 1.54) is 0 Å². The normalized spacial score (nSPS) is 14.2. The summed E-state index contributed by atoms with van der Waals surface area (Å²) in [5.74, 6) is 0. The van der Waals surface area contributed by atoms with Crippen LogP contribution in [0, 0.1) is 0 Å². The largest absolute Gasteiger partial charge is 0.458 e. The van der Waals surface area contributed by atoms with Crippen molar-refractivity contribution in [3.8, 4) is 6.01 Å². The number of rotatable bonds is 6. The van der Waals surface area contributed by atoms with Crippen molar-refractivity contribution in [2.45, 2.75) is 38.8 Å². The molecule has 4 nitrogen and oxygen atoms in total. The number of nitrogens with zero attached hydrogens (tertiary/aromatic N) is 2. The second-order valence-electron chi connectivity index (χ2n) is 5.18. The Hall–Kier alpha value is -1.86. The van der Waals surface area contributed by atoms with Crippen molar-refractivity contribution in [2.24, 2.45) is 0 Å². The first-order valence-electron chi connectivity index (χ1n) is 7.19. The molecule has 1 aromatic carbocycles. The highest BCUT2D eigenvalue weighted by Gasteiger charge is 2.35. The van der Waals surface area contributed by atoms with Crippen LogP contribution in [0.5, 0.6) is 6.01 Å². The molecular formula is C16H16ClF3N2O2. The minimum absolute atomic E-state index is 0.226. The van der Waals surface area contributed by atoms with Gasteiger partial charge in [0.1, 0.15) is 16.8 Å². The quantitative estimate of drug-likeness (QED) is 0.710. The second-order valence-corrected chi connectivity index (χ2v) is 5.54.